The maximum Gasteiger partial charge on any atom is 0.0851 e. The van der Waals surface area contributed by atoms with Crippen LogP contribution in [0, 0.1) is 0 Å². The molecule has 0 bridgehead atoms. The molecule has 1 nitrogen and oxygen atoms in total. The van der Waals surface area contributed by atoms with Crippen LogP contribution in [0.1, 0.15) is 27.0 Å². The Kier molecular flexibility index (Phi) is 2.04. The van der Waals surface area contributed by atoms with Crippen LogP contribution in [0.5, 0.6) is 0 Å². The van der Waals surface area contributed by atoms with Gasteiger partial charge in [0.25, 0.3) is 0 Å². The molecule has 1 heterocycles. The minimum Gasteiger partial charge on any atom is -0.286 e. The fraction of sp³-hybridized carbons (Fsp3) is 0.444. The third-order valence-electron chi connectivity index (χ3n) is 1.02. The molecule has 0 aliphatic rings. The van der Waals surface area contributed by atoms with Crippen LogP contribution in [-0.2, 0) is 0 Å². The van der Waals surface area contributed by atoms with Gasteiger partial charge in [0.15, 0.2) is 0 Å². The third-order valence-corrected chi connectivity index (χ3v) is 1.80. The summed E-state index contributed by atoms with van der Waals surface area (Å²) in [7, 11) is 0. The van der Waals surface area contributed by atoms with Crippen LogP contribution in [0.25, 0.3) is 0 Å². The molecular formula is C9H13NS. The molecule has 0 saturated carbocycles. The van der Waals surface area contributed by atoms with E-state index in [2.05, 4.69) is 4.99 Å². The zero-order valence-corrected chi connectivity index (χ0v) is 7.90. The molecule has 0 aromatic carbocycles. The fourth-order valence-electron chi connectivity index (χ4n) is 0.565. The van der Waals surface area contributed by atoms with Gasteiger partial charge in [-0.25, -0.2) is 0 Å². The van der Waals surface area contributed by atoms with E-state index in [0.717, 1.165) is 4.88 Å². The summed E-state index contributed by atoms with van der Waals surface area (Å²) in [4.78, 5) is 5.18. The largest absolute Gasteiger partial charge is 0.286 e. The molecular weight excluding hydrogens is 154 g/mol. The Morgan fingerprint density at radius 1 is 1.64 bits per heavy atom. The van der Waals surface area contributed by atoms with Crippen molar-refractivity contribution in [1.82, 2.24) is 0 Å². The van der Waals surface area contributed by atoms with Crippen LogP contribution < -0.4 is 0 Å². The average molecular weight is 168 g/mol. The molecule has 0 fully saturated rings. The number of nitrogens with zero attached hydrogens (tertiary/aromatic N) is 1. The van der Waals surface area contributed by atoms with Gasteiger partial charge in [-0.1, -0.05) is 6.07 Å². The predicted molar refractivity (Wildman–Crippen MR) is 51.7 cm³/mol. The van der Waals surface area contributed by atoms with Gasteiger partial charge in [0.2, 0.25) is 0 Å². The molecule has 2 heteroatoms. The lowest BCUT2D eigenvalue weighted by Gasteiger charge is -2.09. The van der Waals surface area contributed by atoms with Gasteiger partial charge in [-0.15, -0.1) is 11.3 Å². The van der Waals surface area contributed by atoms with Crippen molar-refractivity contribution in [3.63, 3.8) is 0 Å². The number of thiophene rings is 1. The Labute approximate surface area is 73.2 Å². The van der Waals surface area contributed by atoms with E-state index in [9.17, 15) is 0 Å². The topological polar surface area (TPSA) is 12.4 Å². The number of hydrogen-bond donors (Lipinski definition) is 0. The van der Waals surface area contributed by atoms with Crippen LogP contribution in [0.4, 0.5) is 0 Å². The third kappa shape index (κ3) is 3.33. The Morgan fingerprint density at radius 3 is 2.82 bits per heavy atom. The van der Waals surface area contributed by atoms with Gasteiger partial charge in [0.05, 0.1) is 6.91 Å². The van der Waals surface area contributed by atoms with E-state index >= 15 is 0 Å². The summed E-state index contributed by atoms with van der Waals surface area (Å²) < 4.78 is 7.65. The number of rotatable bonds is 1. The van der Waals surface area contributed by atoms with E-state index in [1.54, 1.807) is 11.3 Å². The summed E-state index contributed by atoms with van der Waals surface area (Å²) in [6.45, 7) is 5.99. The van der Waals surface area contributed by atoms with Crippen molar-refractivity contribution in [2.45, 2.75) is 26.3 Å². The monoisotopic (exact) mass is 168 g/mol. The standard InChI is InChI=1S/C9H13NS/c1-9(2,3)10-7-8-5-4-6-11-8/h4-7H,1-3H3/i7D. The van der Waals surface area contributed by atoms with E-state index in [-0.39, 0.29) is 5.54 Å². The van der Waals surface area contributed by atoms with Crippen LogP contribution >= 0.6 is 11.3 Å². The first-order valence-corrected chi connectivity index (χ1v) is 4.47. The highest BCUT2D eigenvalue weighted by Gasteiger charge is 2.04. The number of hydrogen-bond acceptors (Lipinski definition) is 2. The maximum absolute atomic E-state index is 7.65. The summed E-state index contributed by atoms with van der Waals surface area (Å²) in [5.74, 6) is 0. The van der Waals surface area contributed by atoms with Crippen molar-refractivity contribution < 1.29 is 1.37 Å². The van der Waals surface area contributed by atoms with Gasteiger partial charge in [-0.05, 0) is 32.2 Å². The van der Waals surface area contributed by atoms with Crippen molar-refractivity contribution >= 4 is 17.5 Å². The lowest BCUT2D eigenvalue weighted by atomic mass is 10.1. The lowest BCUT2D eigenvalue weighted by molar-refractivity contribution is 0.587. The molecule has 0 saturated heterocycles. The smallest absolute Gasteiger partial charge is 0.0851 e. The van der Waals surface area contributed by atoms with E-state index in [1.807, 2.05) is 38.3 Å². The Bertz CT molecular complexity index is 269. The Morgan fingerprint density at radius 2 is 2.36 bits per heavy atom. The first-order chi connectivity index (χ1) is 5.49. The highest BCUT2D eigenvalue weighted by atomic mass is 32.1. The SMILES string of the molecule is [2H]C(=NC(C)(C)C)c1cccs1. The zero-order valence-electron chi connectivity index (χ0n) is 8.09. The number of aliphatic imine (C=N–C) groups is 1. The summed E-state index contributed by atoms with van der Waals surface area (Å²) in [5.41, 5.74) is -0.152. The van der Waals surface area contributed by atoms with Crippen molar-refractivity contribution in [3.05, 3.63) is 22.4 Å². The van der Waals surface area contributed by atoms with Gasteiger partial charge in [-0.2, -0.15) is 0 Å². The molecule has 0 aliphatic carbocycles. The Balaban J connectivity index is 2.85. The summed E-state index contributed by atoms with van der Waals surface area (Å²) >= 11 is 1.55. The van der Waals surface area contributed by atoms with Crippen molar-refractivity contribution in [1.29, 1.82) is 0 Å². The van der Waals surface area contributed by atoms with Crippen molar-refractivity contribution in [3.8, 4) is 0 Å². The molecule has 1 aromatic rings. The van der Waals surface area contributed by atoms with Gasteiger partial charge in [0, 0.05) is 11.1 Å². The fourth-order valence-corrected chi connectivity index (χ4v) is 1.12. The van der Waals surface area contributed by atoms with Gasteiger partial charge >= 0.3 is 0 Å². The molecule has 0 spiro atoms. The van der Waals surface area contributed by atoms with Crippen LogP contribution in [0.15, 0.2) is 22.5 Å². The molecule has 11 heavy (non-hydrogen) atoms. The average Bonchev–Trinajstić information content (AvgIpc) is 2.32. The summed E-state index contributed by atoms with van der Waals surface area (Å²) in [6, 6.07) is 3.86. The Hall–Kier alpha value is -0.630. The van der Waals surface area contributed by atoms with E-state index in [4.69, 9.17) is 1.37 Å². The lowest BCUT2D eigenvalue weighted by Crippen LogP contribution is -2.09. The van der Waals surface area contributed by atoms with Crippen LogP contribution in [0.2, 0.25) is 0 Å². The summed E-state index contributed by atoms with van der Waals surface area (Å²) in [5, 5.41) is 1.96. The highest BCUT2D eigenvalue weighted by molar-refractivity contribution is 7.11. The molecule has 0 atom stereocenters. The van der Waals surface area contributed by atoms with E-state index in [1.165, 1.54) is 0 Å². The first kappa shape index (κ1) is 7.04. The van der Waals surface area contributed by atoms with Crippen molar-refractivity contribution in [2.24, 2.45) is 4.99 Å². The predicted octanol–water partition coefficient (Wildman–Crippen LogP) is 2.97. The van der Waals surface area contributed by atoms with Crippen LogP contribution in [-0.4, -0.2) is 11.7 Å². The zero-order chi connectivity index (χ0) is 9.19. The maximum atomic E-state index is 7.65. The van der Waals surface area contributed by atoms with Crippen LogP contribution in [0.3, 0.4) is 0 Å². The van der Waals surface area contributed by atoms with Gasteiger partial charge in [0.1, 0.15) is 0 Å². The quantitative estimate of drug-likeness (QED) is 0.572. The van der Waals surface area contributed by atoms with Crippen molar-refractivity contribution in [2.75, 3.05) is 0 Å². The molecule has 0 N–H and O–H groups in total. The molecule has 0 unspecified atom stereocenters. The van der Waals surface area contributed by atoms with E-state index in [0.29, 0.717) is 6.19 Å². The highest BCUT2D eigenvalue weighted by Crippen LogP contribution is 2.09. The molecule has 1 aromatic heterocycles. The molecule has 0 amide bonds. The normalized spacial score (nSPS) is 14.8. The molecule has 0 aliphatic heterocycles. The molecule has 0 radical (unpaired) electrons. The van der Waals surface area contributed by atoms with E-state index < -0.39 is 0 Å². The summed E-state index contributed by atoms with van der Waals surface area (Å²) in [6.07, 6.45) is 0.387. The second-order valence-corrected chi connectivity index (χ2v) is 4.32. The van der Waals surface area contributed by atoms with Gasteiger partial charge < -0.3 is 0 Å². The molecule has 60 valence electrons. The second-order valence-electron chi connectivity index (χ2n) is 3.37. The minimum absolute atomic E-state index is 0.152. The second kappa shape index (κ2) is 3.18. The molecule has 1 rings (SSSR count). The van der Waals surface area contributed by atoms with Gasteiger partial charge in [-0.3, -0.25) is 4.99 Å². The minimum atomic E-state index is -0.152. The first-order valence-electron chi connectivity index (χ1n) is 4.09.